The van der Waals surface area contributed by atoms with Crippen LogP contribution in [-0.4, -0.2) is 35.5 Å². The molecule has 1 saturated heterocycles. The van der Waals surface area contributed by atoms with Crippen LogP contribution in [0.3, 0.4) is 0 Å². The van der Waals surface area contributed by atoms with Crippen LogP contribution in [0.2, 0.25) is 0 Å². The highest BCUT2D eigenvalue weighted by atomic mass is 16.4. The normalized spacial score (nSPS) is 36.8. The van der Waals surface area contributed by atoms with Crippen molar-refractivity contribution in [3.05, 3.63) is 0 Å². The first-order chi connectivity index (χ1) is 13.3. The second-order valence-corrected chi connectivity index (χ2v) is 10.6. The van der Waals surface area contributed by atoms with Crippen molar-refractivity contribution in [2.75, 3.05) is 0 Å². The monoisotopic (exact) mass is 393 g/mol. The summed E-state index contributed by atoms with van der Waals surface area (Å²) in [5.41, 5.74) is -0.267. The van der Waals surface area contributed by atoms with E-state index in [1.807, 2.05) is 0 Å². The Balaban J connectivity index is 1.59. The molecule has 2 saturated carbocycles. The Morgan fingerprint density at radius 3 is 2.00 bits per heavy atom. The molecule has 0 aromatic heterocycles. The zero-order valence-corrected chi connectivity index (χ0v) is 18.5. The van der Waals surface area contributed by atoms with Gasteiger partial charge in [0.15, 0.2) is 0 Å². The van der Waals surface area contributed by atoms with Crippen LogP contribution in [0, 0.1) is 23.2 Å². The number of hydrogen-bond acceptors (Lipinski definition) is 4. The minimum Gasteiger partial charge on any atom is -0.480 e. The Morgan fingerprint density at radius 1 is 0.929 bits per heavy atom. The Labute approximate surface area is 171 Å². The largest absolute Gasteiger partial charge is 0.480 e. The highest BCUT2D eigenvalue weighted by molar-refractivity contribution is 5.74. The molecule has 162 valence electrons. The molecule has 2 aliphatic carbocycles. The molecule has 5 nitrogen and oxygen atoms in total. The molecule has 3 fully saturated rings. The summed E-state index contributed by atoms with van der Waals surface area (Å²) >= 11 is 0. The molecular formula is C23H43N3O2. The van der Waals surface area contributed by atoms with Gasteiger partial charge in [0.25, 0.3) is 0 Å². The Hall–Kier alpha value is -0.650. The predicted molar refractivity (Wildman–Crippen MR) is 114 cm³/mol. The lowest BCUT2D eigenvalue weighted by Crippen LogP contribution is -2.68. The van der Waals surface area contributed by atoms with Crippen molar-refractivity contribution in [3.63, 3.8) is 0 Å². The molecule has 3 rings (SSSR count). The zero-order chi connectivity index (χ0) is 20.3. The molecular weight excluding hydrogens is 350 g/mol. The highest BCUT2D eigenvalue weighted by Crippen LogP contribution is 2.46. The second kappa shape index (κ2) is 9.44. The molecule has 3 unspecified atom stereocenters. The zero-order valence-electron chi connectivity index (χ0n) is 18.5. The van der Waals surface area contributed by atoms with Crippen LogP contribution in [0.15, 0.2) is 0 Å². The summed E-state index contributed by atoms with van der Waals surface area (Å²) in [6.45, 7) is 8.67. The summed E-state index contributed by atoms with van der Waals surface area (Å²) in [5, 5.41) is 20.4. The Kier molecular flexibility index (Phi) is 7.43. The van der Waals surface area contributed by atoms with Gasteiger partial charge in [-0.05, 0) is 69.1 Å². The lowest BCUT2D eigenvalue weighted by atomic mass is 9.62. The second-order valence-electron chi connectivity index (χ2n) is 10.6. The van der Waals surface area contributed by atoms with Crippen LogP contribution in [0.25, 0.3) is 0 Å². The van der Waals surface area contributed by atoms with Gasteiger partial charge in [-0.2, -0.15) is 0 Å². The van der Waals surface area contributed by atoms with E-state index in [4.69, 9.17) is 0 Å². The molecule has 3 atom stereocenters. The summed E-state index contributed by atoms with van der Waals surface area (Å²) in [5.74, 6) is 1.56. The predicted octanol–water partition coefficient (Wildman–Crippen LogP) is 4.09. The van der Waals surface area contributed by atoms with E-state index >= 15 is 0 Å². The third-order valence-electron chi connectivity index (χ3n) is 8.07. The van der Waals surface area contributed by atoms with E-state index in [9.17, 15) is 9.90 Å². The van der Waals surface area contributed by atoms with Crippen molar-refractivity contribution >= 4 is 5.97 Å². The summed E-state index contributed by atoms with van der Waals surface area (Å²) in [6, 6.07) is 0.223. The summed E-state index contributed by atoms with van der Waals surface area (Å²) in [7, 11) is 0. The standard InChI is InChI=1S/C23H43N3O2/c1-15-14-16(2)25-22(24-15)26-20(21(27)28)23(3,4)19-12-10-18(11-13-19)17-8-6-5-7-9-17/h15-20,22,24-26H,5-14H2,1-4H3,(H,27,28). The molecule has 0 radical (unpaired) electrons. The van der Waals surface area contributed by atoms with E-state index in [2.05, 4.69) is 43.6 Å². The molecule has 1 heterocycles. The fourth-order valence-corrected chi connectivity index (χ4v) is 6.33. The number of nitrogens with one attached hydrogen (secondary N) is 3. The molecule has 5 heteroatoms. The van der Waals surface area contributed by atoms with E-state index < -0.39 is 12.0 Å². The SMILES string of the molecule is CC1CC(C)NC(NC(C(=O)O)C(C)(C)C2CCC(C3CCCCC3)CC2)N1. The fraction of sp³-hybridized carbons (Fsp3) is 0.957. The van der Waals surface area contributed by atoms with Crippen LogP contribution in [0.4, 0.5) is 0 Å². The third kappa shape index (κ3) is 5.28. The van der Waals surface area contributed by atoms with E-state index in [-0.39, 0.29) is 11.7 Å². The van der Waals surface area contributed by atoms with Gasteiger partial charge in [0.2, 0.25) is 0 Å². The van der Waals surface area contributed by atoms with Crippen molar-refractivity contribution in [2.45, 2.75) is 116 Å². The van der Waals surface area contributed by atoms with Crippen LogP contribution in [0.1, 0.15) is 91.9 Å². The van der Waals surface area contributed by atoms with E-state index in [0.717, 1.165) is 18.3 Å². The van der Waals surface area contributed by atoms with Gasteiger partial charge in [-0.25, -0.2) is 0 Å². The quantitative estimate of drug-likeness (QED) is 0.547. The molecule has 0 aromatic carbocycles. The third-order valence-corrected chi connectivity index (χ3v) is 8.07. The summed E-state index contributed by atoms with van der Waals surface area (Å²) in [4.78, 5) is 12.2. The number of carboxylic acids is 1. The molecule has 0 amide bonds. The van der Waals surface area contributed by atoms with Gasteiger partial charge in [-0.3, -0.25) is 20.7 Å². The first-order valence-corrected chi connectivity index (χ1v) is 11.8. The molecule has 4 N–H and O–H groups in total. The molecule has 0 spiro atoms. The maximum absolute atomic E-state index is 12.2. The molecule has 28 heavy (non-hydrogen) atoms. The van der Waals surface area contributed by atoms with Gasteiger partial charge >= 0.3 is 5.97 Å². The lowest BCUT2D eigenvalue weighted by molar-refractivity contribution is -0.145. The minimum absolute atomic E-state index is 0.141. The van der Waals surface area contributed by atoms with E-state index in [0.29, 0.717) is 18.0 Å². The van der Waals surface area contributed by atoms with Crippen LogP contribution >= 0.6 is 0 Å². The van der Waals surface area contributed by atoms with Crippen LogP contribution in [-0.2, 0) is 4.79 Å². The van der Waals surface area contributed by atoms with E-state index in [1.54, 1.807) is 0 Å². The highest BCUT2D eigenvalue weighted by Gasteiger charge is 2.44. The maximum atomic E-state index is 12.2. The Bertz CT molecular complexity index is 500. The average Bonchev–Trinajstić information content (AvgIpc) is 2.66. The number of aliphatic carboxylic acids is 1. The van der Waals surface area contributed by atoms with Gasteiger partial charge in [-0.15, -0.1) is 0 Å². The van der Waals surface area contributed by atoms with Gasteiger partial charge < -0.3 is 5.11 Å². The van der Waals surface area contributed by atoms with Crippen molar-refractivity contribution in [3.8, 4) is 0 Å². The number of carbonyl (C=O) groups is 1. The Morgan fingerprint density at radius 2 is 1.46 bits per heavy atom. The molecule has 1 aliphatic heterocycles. The molecule has 0 aromatic rings. The van der Waals surface area contributed by atoms with Crippen LogP contribution in [0.5, 0.6) is 0 Å². The van der Waals surface area contributed by atoms with Crippen molar-refractivity contribution in [1.29, 1.82) is 0 Å². The smallest absolute Gasteiger partial charge is 0.321 e. The van der Waals surface area contributed by atoms with Gasteiger partial charge in [0.1, 0.15) is 12.3 Å². The summed E-state index contributed by atoms with van der Waals surface area (Å²) in [6.07, 6.45) is 13.0. The maximum Gasteiger partial charge on any atom is 0.321 e. The first-order valence-electron chi connectivity index (χ1n) is 11.8. The van der Waals surface area contributed by atoms with Crippen LogP contribution < -0.4 is 16.0 Å². The molecule has 0 bridgehead atoms. The molecule has 3 aliphatic rings. The number of hydrogen-bond donors (Lipinski definition) is 4. The topological polar surface area (TPSA) is 73.4 Å². The average molecular weight is 394 g/mol. The fourth-order valence-electron chi connectivity index (χ4n) is 6.33. The van der Waals surface area contributed by atoms with Gasteiger partial charge in [0, 0.05) is 12.1 Å². The summed E-state index contributed by atoms with van der Waals surface area (Å²) < 4.78 is 0. The number of carboxylic acid groups (broad SMARTS) is 1. The minimum atomic E-state index is -0.728. The van der Waals surface area contributed by atoms with Crippen molar-refractivity contribution < 1.29 is 9.90 Å². The van der Waals surface area contributed by atoms with Crippen molar-refractivity contribution in [2.24, 2.45) is 23.2 Å². The van der Waals surface area contributed by atoms with E-state index in [1.165, 1.54) is 57.8 Å². The van der Waals surface area contributed by atoms with Crippen molar-refractivity contribution in [1.82, 2.24) is 16.0 Å². The number of rotatable bonds is 6. The van der Waals surface area contributed by atoms with Gasteiger partial charge in [-0.1, -0.05) is 46.0 Å². The van der Waals surface area contributed by atoms with Gasteiger partial charge in [0.05, 0.1) is 0 Å². The first kappa shape index (κ1) is 22.0. The lowest BCUT2D eigenvalue weighted by Gasteiger charge is -2.46.